The molecule has 1 aromatic rings. The number of aryl methyl sites for hydroxylation is 2. The molecule has 1 heteroatoms. The highest BCUT2D eigenvalue weighted by Crippen LogP contribution is 2.24. The summed E-state index contributed by atoms with van der Waals surface area (Å²) in [5.74, 6) is 0.754. The fourth-order valence-electron chi connectivity index (χ4n) is 1.92. The highest BCUT2D eigenvalue weighted by atomic mass is 15.0. The van der Waals surface area contributed by atoms with Gasteiger partial charge in [0.15, 0.2) is 0 Å². The van der Waals surface area contributed by atoms with E-state index in [1.165, 1.54) is 17.8 Å². The van der Waals surface area contributed by atoms with Crippen molar-refractivity contribution in [2.75, 3.05) is 0 Å². The first kappa shape index (κ1) is 10.4. The van der Waals surface area contributed by atoms with Gasteiger partial charge in [0.1, 0.15) is 0 Å². The Morgan fingerprint density at radius 1 is 1.15 bits per heavy atom. The fraction of sp³-hybridized carbons (Fsp3) is 0.667. The first-order valence-corrected chi connectivity index (χ1v) is 5.22. The SMILES string of the molecule is CCC(C)C(C)n1c(C)ccc1C. The van der Waals surface area contributed by atoms with Crippen LogP contribution in [-0.2, 0) is 0 Å². The van der Waals surface area contributed by atoms with E-state index in [0.29, 0.717) is 6.04 Å². The van der Waals surface area contributed by atoms with Gasteiger partial charge in [-0.25, -0.2) is 0 Å². The summed E-state index contributed by atoms with van der Waals surface area (Å²) in [5, 5.41) is 0. The van der Waals surface area contributed by atoms with Crippen molar-refractivity contribution >= 4 is 0 Å². The van der Waals surface area contributed by atoms with Gasteiger partial charge in [0.2, 0.25) is 0 Å². The zero-order chi connectivity index (χ0) is 10.0. The summed E-state index contributed by atoms with van der Waals surface area (Å²) >= 11 is 0. The van der Waals surface area contributed by atoms with Gasteiger partial charge in [0.05, 0.1) is 0 Å². The molecule has 0 aromatic carbocycles. The molecule has 1 aromatic heterocycles. The van der Waals surface area contributed by atoms with Gasteiger partial charge >= 0.3 is 0 Å². The second kappa shape index (κ2) is 3.99. The molecule has 13 heavy (non-hydrogen) atoms. The average molecular weight is 179 g/mol. The van der Waals surface area contributed by atoms with Gasteiger partial charge in [-0.05, 0) is 38.8 Å². The van der Waals surface area contributed by atoms with Gasteiger partial charge in [0.25, 0.3) is 0 Å². The fourth-order valence-corrected chi connectivity index (χ4v) is 1.92. The summed E-state index contributed by atoms with van der Waals surface area (Å²) in [5.41, 5.74) is 2.76. The molecule has 74 valence electrons. The molecule has 0 aliphatic carbocycles. The lowest BCUT2D eigenvalue weighted by atomic mass is 10.0. The Hall–Kier alpha value is -0.720. The van der Waals surface area contributed by atoms with Gasteiger partial charge in [-0.1, -0.05) is 20.3 Å². The summed E-state index contributed by atoms with van der Waals surface area (Å²) < 4.78 is 2.44. The largest absolute Gasteiger partial charge is 0.346 e. The van der Waals surface area contributed by atoms with E-state index >= 15 is 0 Å². The Morgan fingerprint density at radius 2 is 1.62 bits per heavy atom. The Morgan fingerprint density at radius 3 is 2.00 bits per heavy atom. The third-order valence-electron chi connectivity index (χ3n) is 3.20. The van der Waals surface area contributed by atoms with Crippen LogP contribution in [0.25, 0.3) is 0 Å². The van der Waals surface area contributed by atoms with Gasteiger partial charge < -0.3 is 4.57 Å². The van der Waals surface area contributed by atoms with Crippen molar-refractivity contribution in [2.24, 2.45) is 5.92 Å². The van der Waals surface area contributed by atoms with E-state index < -0.39 is 0 Å². The maximum atomic E-state index is 2.44. The number of aromatic nitrogens is 1. The van der Waals surface area contributed by atoms with Gasteiger partial charge in [-0.3, -0.25) is 0 Å². The third kappa shape index (κ3) is 1.96. The van der Waals surface area contributed by atoms with Crippen LogP contribution in [0.15, 0.2) is 12.1 Å². The van der Waals surface area contributed by atoms with Crippen molar-refractivity contribution in [3.8, 4) is 0 Å². The molecule has 0 saturated heterocycles. The predicted octanol–water partition coefficient (Wildman–Crippen LogP) is 3.71. The monoisotopic (exact) mass is 179 g/mol. The van der Waals surface area contributed by atoms with Crippen LogP contribution in [0, 0.1) is 19.8 Å². The topological polar surface area (TPSA) is 4.93 Å². The van der Waals surface area contributed by atoms with Crippen molar-refractivity contribution in [2.45, 2.75) is 47.1 Å². The number of hydrogen-bond acceptors (Lipinski definition) is 0. The van der Waals surface area contributed by atoms with Crippen LogP contribution in [0.5, 0.6) is 0 Å². The second-order valence-electron chi connectivity index (χ2n) is 4.11. The summed E-state index contributed by atoms with van der Waals surface area (Å²) in [7, 11) is 0. The lowest BCUT2D eigenvalue weighted by Crippen LogP contribution is -2.15. The normalized spacial score (nSPS) is 15.8. The zero-order valence-corrected chi connectivity index (χ0v) is 9.46. The molecule has 0 radical (unpaired) electrons. The van der Waals surface area contributed by atoms with E-state index in [0.717, 1.165) is 5.92 Å². The maximum absolute atomic E-state index is 2.44. The molecule has 0 fully saturated rings. The molecule has 1 nitrogen and oxygen atoms in total. The second-order valence-corrected chi connectivity index (χ2v) is 4.11. The molecule has 0 N–H and O–H groups in total. The van der Waals surface area contributed by atoms with Crippen LogP contribution in [-0.4, -0.2) is 4.57 Å². The molecule has 0 aliphatic rings. The average Bonchev–Trinajstić information content (AvgIpc) is 2.44. The van der Waals surface area contributed by atoms with Crippen molar-refractivity contribution in [3.63, 3.8) is 0 Å². The van der Waals surface area contributed by atoms with E-state index in [1.807, 2.05) is 0 Å². The van der Waals surface area contributed by atoms with Crippen molar-refractivity contribution in [3.05, 3.63) is 23.5 Å². The van der Waals surface area contributed by atoms with Crippen LogP contribution < -0.4 is 0 Å². The highest BCUT2D eigenvalue weighted by Gasteiger charge is 2.14. The molecular weight excluding hydrogens is 158 g/mol. The first-order valence-electron chi connectivity index (χ1n) is 5.22. The minimum atomic E-state index is 0.625. The third-order valence-corrected chi connectivity index (χ3v) is 3.20. The van der Waals surface area contributed by atoms with E-state index in [9.17, 15) is 0 Å². The van der Waals surface area contributed by atoms with Crippen LogP contribution in [0.2, 0.25) is 0 Å². The van der Waals surface area contributed by atoms with Crippen molar-refractivity contribution in [1.29, 1.82) is 0 Å². The summed E-state index contributed by atoms with van der Waals surface area (Å²) in [6.45, 7) is 11.3. The molecule has 0 saturated carbocycles. The summed E-state index contributed by atoms with van der Waals surface area (Å²) in [6, 6.07) is 5.03. The lowest BCUT2D eigenvalue weighted by molar-refractivity contribution is 0.361. The Kier molecular flexibility index (Phi) is 3.18. The quantitative estimate of drug-likeness (QED) is 0.666. The molecule has 0 amide bonds. The minimum absolute atomic E-state index is 0.625. The van der Waals surface area contributed by atoms with Crippen LogP contribution in [0.1, 0.15) is 44.6 Å². The standard InChI is InChI=1S/C12H21N/c1-6-9(2)12(5)13-10(3)7-8-11(13)4/h7-9,12H,6H2,1-5H3. The first-order chi connectivity index (χ1) is 6.07. The molecule has 0 aliphatic heterocycles. The zero-order valence-electron chi connectivity index (χ0n) is 9.46. The number of rotatable bonds is 3. The van der Waals surface area contributed by atoms with Crippen LogP contribution in [0.3, 0.4) is 0 Å². The molecular formula is C12H21N. The smallest absolute Gasteiger partial charge is 0.0332 e. The van der Waals surface area contributed by atoms with Gasteiger partial charge in [-0.15, -0.1) is 0 Å². The summed E-state index contributed by atoms with van der Waals surface area (Å²) in [4.78, 5) is 0. The van der Waals surface area contributed by atoms with E-state index in [2.05, 4.69) is 51.3 Å². The van der Waals surface area contributed by atoms with Gasteiger partial charge in [-0.2, -0.15) is 0 Å². The van der Waals surface area contributed by atoms with E-state index in [-0.39, 0.29) is 0 Å². The van der Waals surface area contributed by atoms with Crippen LogP contribution >= 0.6 is 0 Å². The van der Waals surface area contributed by atoms with Crippen LogP contribution in [0.4, 0.5) is 0 Å². The Bertz CT molecular complexity index is 253. The lowest BCUT2D eigenvalue weighted by Gasteiger charge is -2.23. The summed E-state index contributed by atoms with van der Waals surface area (Å²) in [6.07, 6.45) is 1.25. The van der Waals surface area contributed by atoms with Crippen molar-refractivity contribution < 1.29 is 0 Å². The number of hydrogen-bond donors (Lipinski definition) is 0. The predicted molar refractivity (Wildman–Crippen MR) is 58.1 cm³/mol. The molecule has 1 heterocycles. The molecule has 2 unspecified atom stereocenters. The Labute approximate surface area is 81.8 Å². The Balaban J connectivity index is 2.93. The molecule has 0 spiro atoms. The minimum Gasteiger partial charge on any atom is -0.346 e. The molecule has 2 atom stereocenters. The molecule has 0 bridgehead atoms. The maximum Gasteiger partial charge on any atom is 0.0332 e. The van der Waals surface area contributed by atoms with E-state index in [1.54, 1.807) is 0 Å². The number of nitrogens with zero attached hydrogens (tertiary/aromatic N) is 1. The molecule has 1 rings (SSSR count). The van der Waals surface area contributed by atoms with Gasteiger partial charge in [0, 0.05) is 17.4 Å². The van der Waals surface area contributed by atoms with Crippen molar-refractivity contribution in [1.82, 2.24) is 4.57 Å². The van der Waals surface area contributed by atoms with E-state index in [4.69, 9.17) is 0 Å². The highest BCUT2D eigenvalue weighted by molar-refractivity contribution is 5.15.